The summed E-state index contributed by atoms with van der Waals surface area (Å²) in [6.07, 6.45) is 3.37. The van der Waals surface area contributed by atoms with E-state index in [2.05, 4.69) is 36.5 Å². The third-order valence-electron chi connectivity index (χ3n) is 5.15. The normalized spacial score (nSPS) is 11.5. The second kappa shape index (κ2) is 8.92. The second-order valence-electron chi connectivity index (χ2n) is 7.48. The first-order chi connectivity index (χ1) is 15.0. The molecule has 0 atom stereocenters. The van der Waals surface area contributed by atoms with E-state index in [4.69, 9.17) is 9.15 Å². The number of aryl methyl sites for hydroxylation is 1. The highest BCUT2D eigenvalue weighted by Gasteiger charge is 2.15. The maximum absolute atomic E-state index is 12.6. The minimum Gasteiger partial charge on any atom is -0.493 e. The molecule has 0 radical (unpaired) electrons. The largest absolute Gasteiger partial charge is 0.493 e. The van der Waals surface area contributed by atoms with E-state index in [1.165, 1.54) is 5.56 Å². The Bertz CT molecular complexity index is 1230. The fraction of sp³-hybridized carbons (Fsp3) is 0.148. The second-order valence-corrected chi connectivity index (χ2v) is 7.48. The number of amides is 1. The van der Waals surface area contributed by atoms with Gasteiger partial charge in [-0.1, -0.05) is 48.0 Å². The van der Waals surface area contributed by atoms with Crippen molar-refractivity contribution < 1.29 is 13.9 Å². The van der Waals surface area contributed by atoms with Gasteiger partial charge in [-0.15, -0.1) is 0 Å². The number of ether oxygens (including phenoxy) is 1. The van der Waals surface area contributed by atoms with E-state index in [1.54, 1.807) is 12.3 Å². The van der Waals surface area contributed by atoms with Gasteiger partial charge in [0.2, 0.25) is 5.91 Å². The molecule has 0 aliphatic carbocycles. The maximum atomic E-state index is 12.6. The molecule has 0 saturated heterocycles. The molecule has 3 aromatic carbocycles. The zero-order valence-electron chi connectivity index (χ0n) is 17.9. The van der Waals surface area contributed by atoms with Gasteiger partial charge in [0.05, 0.1) is 12.9 Å². The van der Waals surface area contributed by atoms with Gasteiger partial charge in [-0.2, -0.15) is 0 Å². The first-order valence-corrected chi connectivity index (χ1v) is 10.3. The standard InChI is InChI=1S/C27H25NO3/c1-4-30-25-16-26-23(24(17-31-26)20-12-10-18(2)11-13-20)15-22(25)19(3)14-27(29)28-21-8-6-5-7-9-21/h5-17H,4H2,1-3H3,(H,28,29)/b19-14+. The lowest BCUT2D eigenvalue weighted by Gasteiger charge is -2.12. The van der Waals surface area contributed by atoms with Crippen molar-refractivity contribution in [1.82, 2.24) is 0 Å². The number of para-hydroxylation sites is 1. The molecule has 1 amide bonds. The fourth-order valence-corrected chi connectivity index (χ4v) is 3.57. The molecule has 1 heterocycles. The van der Waals surface area contributed by atoms with Crippen LogP contribution in [0.2, 0.25) is 0 Å². The van der Waals surface area contributed by atoms with Crippen LogP contribution in [0.1, 0.15) is 25.0 Å². The Hall–Kier alpha value is -3.79. The molecule has 0 aliphatic rings. The lowest BCUT2D eigenvalue weighted by atomic mass is 9.98. The Kier molecular flexibility index (Phi) is 5.89. The summed E-state index contributed by atoms with van der Waals surface area (Å²) in [5, 5.41) is 3.88. The van der Waals surface area contributed by atoms with Gasteiger partial charge >= 0.3 is 0 Å². The number of benzene rings is 3. The van der Waals surface area contributed by atoms with Gasteiger partial charge in [0.15, 0.2) is 0 Å². The Morgan fingerprint density at radius 2 is 1.81 bits per heavy atom. The summed E-state index contributed by atoms with van der Waals surface area (Å²) in [6, 6.07) is 21.7. The van der Waals surface area contributed by atoms with Crippen molar-refractivity contribution in [3.63, 3.8) is 0 Å². The summed E-state index contributed by atoms with van der Waals surface area (Å²) >= 11 is 0. The molecule has 4 aromatic rings. The van der Waals surface area contributed by atoms with Crippen LogP contribution in [-0.2, 0) is 4.79 Å². The highest BCUT2D eigenvalue weighted by atomic mass is 16.5. The number of carbonyl (C=O) groups excluding carboxylic acids is 1. The molecule has 0 fully saturated rings. The van der Waals surface area contributed by atoms with E-state index in [-0.39, 0.29) is 5.91 Å². The summed E-state index contributed by atoms with van der Waals surface area (Å²) in [7, 11) is 0. The summed E-state index contributed by atoms with van der Waals surface area (Å²) in [5.41, 5.74) is 6.50. The molecule has 1 N–H and O–H groups in total. The Labute approximate surface area is 182 Å². The van der Waals surface area contributed by atoms with Crippen molar-refractivity contribution in [3.05, 3.63) is 90.2 Å². The SMILES string of the molecule is CCOc1cc2occ(-c3ccc(C)cc3)c2cc1/C(C)=C/C(=O)Nc1ccccc1. The van der Waals surface area contributed by atoms with Crippen molar-refractivity contribution in [2.24, 2.45) is 0 Å². The molecule has 0 unspecified atom stereocenters. The summed E-state index contributed by atoms with van der Waals surface area (Å²) in [6.45, 7) is 6.45. The molecular formula is C27H25NO3. The third kappa shape index (κ3) is 4.53. The number of hydrogen-bond donors (Lipinski definition) is 1. The highest BCUT2D eigenvalue weighted by Crippen LogP contribution is 2.37. The minimum absolute atomic E-state index is 0.183. The van der Waals surface area contributed by atoms with E-state index >= 15 is 0 Å². The van der Waals surface area contributed by atoms with Crippen LogP contribution in [0.25, 0.3) is 27.7 Å². The van der Waals surface area contributed by atoms with Crippen molar-refractivity contribution in [2.75, 3.05) is 11.9 Å². The van der Waals surface area contributed by atoms with Gasteiger partial charge in [-0.05, 0) is 50.1 Å². The number of carbonyl (C=O) groups is 1. The average Bonchev–Trinajstić information content (AvgIpc) is 3.17. The lowest BCUT2D eigenvalue weighted by molar-refractivity contribution is -0.111. The molecule has 4 heteroatoms. The van der Waals surface area contributed by atoms with Gasteiger partial charge in [0.25, 0.3) is 0 Å². The van der Waals surface area contributed by atoms with Crippen LogP contribution < -0.4 is 10.1 Å². The predicted octanol–water partition coefficient (Wildman–Crippen LogP) is 6.85. The van der Waals surface area contributed by atoms with Crippen molar-refractivity contribution in [1.29, 1.82) is 0 Å². The van der Waals surface area contributed by atoms with Gasteiger partial charge in [0, 0.05) is 34.3 Å². The first-order valence-electron chi connectivity index (χ1n) is 10.3. The third-order valence-corrected chi connectivity index (χ3v) is 5.15. The molecule has 0 bridgehead atoms. The van der Waals surface area contributed by atoms with Crippen LogP contribution in [0.5, 0.6) is 5.75 Å². The van der Waals surface area contributed by atoms with E-state index < -0.39 is 0 Å². The number of anilines is 1. The van der Waals surface area contributed by atoms with Gasteiger partial charge in [-0.3, -0.25) is 4.79 Å². The molecule has 1 aromatic heterocycles. The van der Waals surface area contributed by atoms with Crippen molar-refractivity contribution >= 4 is 28.1 Å². The van der Waals surface area contributed by atoms with E-state index in [0.29, 0.717) is 12.4 Å². The van der Waals surface area contributed by atoms with Crippen molar-refractivity contribution in [2.45, 2.75) is 20.8 Å². The van der Waals surface area contributed by atoms with E-state index in [1.807, 2.05) is 56.3 Å². The molecule has 4 nitrogen and oxygen atoms in total. The van der Waals surface area contributed by atoms with Gasteiger partial charge in [-0.25, -0.2) is 0 Å². The van der Waals surface area contributed by atoms with Crippen LogP contribution >= 0.6 is 0 Å². The van der Waals surface area contributed by atoms with Crippen LogP contribution in [0.15, 0.2) is 83.5 Å². The first kappa shape index (κ1) is 20.5. The number of fused-ring (bicyclic) bond motifs is 1. The van der Waals surface area contributed by atoms with E-state index in [9.17, 15) is 4.79 Å². The highest BCUT2D eigenvalue weighted by molar-refractivity contribution is 6.05. The zero-order valence-corrected chi connectivity index (χ0v) is 17.9. The van der Waals surface area contributed by atoms with Crippen LogP contribution in [-0.4, -0.2) is 12.5 Å². The predicted molar refractivity (Wildman–Crippen MR) is 126 cm³/mol. The van der Waals surface area contributed by atoms with Gasteiger partial charge in [0.1, 0.15) is 11.3 Å². The summed E-state index contributed by atoms with van der Waals surface area (Å²) in [4.78, 5) is 12.6. The maximum Gasteiger partial charge on any atom is 0.248 e. The Morgan fingerprint density at radius 3 is 2.52 bits per heavy atom. The number of hydrogen-bond acceptors (Lipinski definition) is 3. The summed E-state index contributed by atoms with van der Waals surface area (Å²) in [5.74, 6) is 0.512. The van der Waals surface area contributed by atoms with Crippen LogP contribution in [0, 0.1) is 6.92 Å². The number of rotatable bonds is 6. The Balaban J connectivity index is 1.74. The quantitative estimate of drug-likeness (QED) is 0.353. The molecule has 0 spiro atoms. The van der Waals surface area contributed by atoms with E-state index in [0.717, 1.165) is 38.9 Å². The molecular weight excluding hydrogens is 386 g/mol. The summed E-state index contributed by atoms with van der Waals surface area (Å²) < 4.78 is 11.7. The smallest absolute Gasteiger partial charge is 0.248 e. The molecule has 0 saturated carbocycles. The monoisotopic (exact) mass is 411 g/mol. The zero-order chi connectivity index (χ0) is 21.8. The Morgan fingerprint density at radius 1 is 1.06 bits per heavy atom. The number of furan rings is 1. The average molecular weight is 412 g/mol. The van der Waals surface area contributed by atoms with Crippen LogP contribution in [0.4, 0.5) is 5.69 Å². The molecule has 31 heavy (non-hydrogen) atoms. The number of nitrogens with one attached hydrogen (secondary N) is 1. The number of allylic oxidation sites excluding steroid dienone is 1. The fourth-order valence-electron chi connectivity index (χ4n) is 3.57. The topological polar surface area (TPSA) is 51.5 Å². The van der Waals surface area contributed by atoms with Gasteiger partial charge < -0.3 is 14.5 Å². The lowest BCUT2D eigenvalue weighted by Crippen LogP contribution is -2.08. The molecule has 0 aliphatic heterocycles. The molecule has 156 valence electrons. The van der Waals surface area contributed by atoms with Crippen molar-refractivity contribution in [3.8, 4) is 16.9 Å². The molecule has 4 rings (SSSR count). The van der Waals surface area contributed by atoms with Crippen LogP contribution in [0.3, 0.4) is 0 Å². The minimum atomic E-state index is -0.183.